The fraction of sp³-hybridized carbons (Fsp3) is 0.190. The van der Waals surface area contributed by atoms with E-state index >= 15 is 0 Å². The molecule has 3 rings (SSSR count). The zero-order valence-corrected chi connectivity index (χ0v) is 15.8. The molecule has 0 radical (unpaired) electrons. The number of benzene rings is 1. The summed E-state index contributed by atoms with van der Waals surface area (Å²) >= 11 is 0. The van der Waals surface area contributed by atoms with E-state index in [4.69, 9.17) is 9.47 Å². The van der Waals surface area contributed by atoms with E-state index in [1.54, 1.807) is 50.9 Å². The molecule has 1 aromatic carbocycles. The minimum Gasteiger partial charge on any atom is -0.493 e. The van der Waals surface area contributed by atoms with Crippen LogP contribution in [0.5, 0.6) is 11.5 Å². The Balaban J connectivity index is 1.81. The SMILES string of the molecule is COc1ccc([C@@H](C)NC(=O)/C(C#N)=C/c2c[nH]c3ncccc23)cc1OC. The molecule has 0 unspecified atom stereocenters. The third kappa shape index (κ3) is 3.81. The van der Waals surface area contributed by atoms with Gasteiger partial charge in [0.1, 0.15) is 17.3 Å². The highest BCUT2D eigenvalue weighted by Gasteiger charge is 2.16. The van der Waals surface area contributed by atoms with Crippen LogP contribution in [0, 0.1) is 11.3 Å². The number of fused-ring (bicyclic) bond motifs is 1. The molecule has 0 saturated carbocycles. The smallest absolute Gasteiger partial charge is 0.262 e. The number of H-pyrrole nitrogens is 1. The molecular weight excluding hydrogens is 356 g/mol. The number of nitriles is 1. The van der Waals surface area contributed by atoms with Gasteiger partial charge >= 0.3 is 0 Å². The summed E-state index contributed by atoms with van der Waals surface area (Å²) in [5, 5.41) is 13.1. The second-order valence-corrected chi connectivity index (χ2v) is 6.12. The average Bonchev–Trinajstić information content (AvgIpc) is 3.14. The highest BCUT2D eigenvalue weighted by Crippen LogP contribution is 2.30. The van der Waals surface area contributed by atoms with Gasteiger partial charge < -0.3 is 19.8 Å². The maximum atomic E-state index is 12.6. The first-order valence-corrected chi connectivity index (χ1v) is 8.64. The molecule has 0 aliphatic carbocycles. The summed E-state index contributed by atoms with van der Waals surface area (Å²) in [6, 6.07) is 10.7. The van der Waals surface area contributed by atoms with Crippen molar-refractivity contribution in [2.24, 2.45) is 0 Å². The number of rotatable bonds is 6. The van der Waals surface area contributed by atoms with Crippen molar-refractivity contribution < 1.29 is 14.3 Å². The van der Waals surface area contributed by atoms with Crippen molar-refractivity contribution in [2.75, 3.05) is 14.2 Å². The lowest BCUT2D eigenvalue weighted by molar-refractivity contribution is -0.117. The summed E-state index contributed by atoms with van der Waals surface area (Å²) in [5.74, 6) is 0.724. The maximum Gasteiger partial charge on any atom is 0.262 e. The van der Waals surface area contributed by atoms with Crippen molar-refractivity contribution in [2.45, 2.75) is 13.0 Å². The molecule has 0 bridgehead atoms. The summed E-state index contributed by atoms with van der Waals surface area (Å²) in [6.07, 6.45) is 4.95. The van der Waals surface area contributed by atoms with Gasteiger partial charge in [0.15, 0.2) is 11.5 Å². The number of nitrogens with one attached hydrogen (secondary N) is 2. The van der Waals surface area contributed by atoms with Gasteiger partial charge in [0.2, 0.25) is 0 Å². The predicted octanol–water partition coefficient (Wildman–Crippen LogP) is 3.36. The summed E-state index contributed by atoms with van der Waals surface area (Å²) in [5.41, 5.74) is 2.27. The minimum absolute atomic E-state index is 0.0112. The second kappa shape index (κ2) is 8.27. The van der Waals surface area contributed by atoms with Crippen molar-refractivity contribution in [3.63, 3.8) is 0 Å². The maximum absolute atomic E-state index is 12.6. The Kier molecular flexibility index (Phi) is 5.61. The van der Waals surface area contributed by atoms with Crippen molar-refractivity contribution in [1.82, 2.24) is 15.3 Å². The van der Waals surface area contributed by atoms with E-state index in [1.165, 1.54) is 0 Å². The monoisotopic (exact) mass is 376 g/mol. The fourth-order valence-corrected chi connectivity index (χ4v) is 2.88. The average molecular weight is 376 g/mol. The van der Waals surface area contributed by atoms with Gasteiger partial charge in [0, 0.05) is 23.3 Å². The van der Waals surface area contributed by atoms with E-state index in [0.29, 0.717) is 17.1 Å². The fourth-order valence-electron chi connectivity index (χ4n) is 2.88. The van der Waals surface area contributed by atoms with Gasteiger partial charge in [-0.05, 0) is 42.8 Å². The molecule has 1 amide bonds. The summed E-state index contributed by atoms with van der Waals surface area (Å²) in [6.45, 7) is 1.84. The lowest BCUT2D eigenvalue weighted by atomic mass is 10.1. The van der Waals surface area contributed by atoms with Crippen molar-refractivity contribution in [3.05, 3.63) is 59.4 Å². The van der Waals surface area contributed by atoms with Crippen LogP contribution in [0.25, 0.3) is 17.1 Å². The number of ether oxygens (including phenoxy) is 2. The number of aromatic nitrogens is 2. The van der Waals surface area contributed by atoms with Gasteiger partial charge in [0.05, 0.1) is 20.3 Å². The first kappa shape index (κ1) is 19.0. The first-order chi connectivity index (χ1) is 13.6. The van der Waals surface area contributed by atoms with Crippen LogP contribution in [0.2, 0.25) is 0 Å². The van der Waals surface area contributed by atoms with Gasteiger partial charge in [0.25, 0.3) is 5.91 Å². The van der Waals surface area contributed by atoms with E-state index in [1.807, 2.05) is 25.1 Å². The zero-order valence-electron chi connectivity index (χ0n) is 15.8. The highest BCUT2D eigenvalue weighted by atomic mass is 16.5. The molecule has 2 N–H and O–H groups in total. The Morgan fingerprint density at radius 3 is 2.79 bits per heavy atom. The van der Waals surface area contributed by atoms with Gasteiger partial charge in [-0.2, -0.15) is 5.26 Å². The van der Waals surface area contributed by atoms with E-state index in [9.17, 15) is 10.1 Å². The standard InChI is InChI=1S/C21H20N4O3/c1-13(14-6-7-18(27-2)19(10-14)28-3)25-21(26)15(11-22)9-16-12-24-20-17(16)5-4-8-23-20/h4-10,12-13H,1-3H3,(H,23,24)(H,25,26)/b15-9+/t13-/m1/s1. The van der Waals surface area contributed by atoms with Crippen LogP contribution in [-0.4, -0.2) is 30.1 Å². The minimum atomic E-state index is -0.456. The molecule has 28 heavy (non-hydrogen) atoms. The van der Waals surface area contributed by atoms with E-state index in [0.717, 1.165) is 16.5 Å². The number of hydrogen-bond acceptors (Lipinski definition) is 5. The summed E-state index contributed by atoms with van der Waals surface area (Å²) in [7, 11) is 3.12. The van der Waals surface area contributed by atoms with Crippen molar-refractivity contribution in [3.8, 4) is 17.6 Å². The number of hydrogen-bond donors (Lipinski definition) is 2. The Morgan fingerprint density at radius 2 is 2.07 bits per heavy atom. The summed E-state index contributed by atoms with van der Waals surface area (Å²) < 4.78 is 10.5. The number of nitrogens with zero attached hydrogens (tertiary/aromatic N) is 2. The van der Waals surface area contributed by atoms with E-state index < -0.39 is 5.91 Å². The van der Waals surface area contributed by atoms with Crippen LogP contribution in [-0.2, 0) is 4.79 Å². The Morgan fingerprint density at radius 1 is 1.29 bits per heavy atom. The topological polar surface area (TPSA) is 100 Å². The molecule has 0 spiro atoms. The molecule has 0 fully saturated rings. The van der Waals surface area contributed by atoms with E-state index in [2.05, 4.69) is 15.3 Å². The second-order valence-electron chi connectivity index (χ2n) is 6.12. The van der Waals surface area contributed by atoms with Crippen LogP contribution in [0.3, 0.4) is 0 Å². The molecule has 3 aromatic rings. The van der Waals surface area contributed by atoms with Crippen LogP contribution in [0.4, 0.5) is 0 Å². The zero-order chi connectivity index (χ0) is 20.1. The quantitative estimate of drug-likeness (QED) is 0.507. The van der Waals surface area contributed by atoms with Gasteiger partial charge in [-0.25, -0.2) is 4.98 Å². The van der Waals surface area contributed by atoms with Crippen LogP contribution in [0.1, 0.15) is 24.1 Å². The molecular formula is C21H20N4O3. The van der Waals surface area contributed by atoms with E-state index in [-0.39, 0.29) is 11.6 Å². The van der Waals surface area contributed by atoms with Crippen molar-refractivity contribution >= 4 is 23.0 Å². The highest BCUT2D eigenvalue weighted by molar-refractivity contribution is 6.03. The predicted molar refractivity (Wildman–Crippen MR) is 106 cm³/mol. The molecule has 0 aliphatic heterocycles. The number of carbonyl (C=O) groups is 1. The Labute approximate surface area is 162 Å². The molecule has 0 aliphatic rings. The van der Waals surface area contributed by atoms with Crippen LogP contribution in [0.15, 0.2) is 48.3 Å². The van der Waals surface area contributed by atoms with Gasteiger partial charge in [-0.3, -0.25) is 4.79 Å². The molecule has 142 valence electrons. The third-order valence-corrected chi connectivity index (χ3v) is 4.40. The third-order valence-electron chi connectivity index (χ3n) is 4.40. The Bertz CT molecular complexity index is 1080. The lowest BCUT2D eigenvalue weighted by Gasteiger charge is -2.16. The lowest BCUT2D eigenvalue weighted by Crippen LogP contribution is -2.27. The Hall–Kier alpha value is -3.79. The van der Waals surface area contributed by atoms with Crippen molar-refractivity contribution in [1.29, 1.82) is 5.26 Å². The summed E-state index contributed by atoms with van der Waals surface area (Å²) in [4.78, 5) is 19.8. The number of amides is 1. The molecule has 7 heteroatoms. The van der Waals surface area contributed by atoms with Gasteiger partial charge in [-0.1, -0.05) is 6.07 Å². The first-order valence-electron chi connectivity index (χ1n) is 8.64. The van der Waals surface area contributed by atoms with Crippen LogP contribution >= 0.6 is 0 Å². The molecule has 2 heterocycles. The number of aromatic amines is 1. The molecule has 0 saturated heterocycles. The number of carbonyl (C=O) groups excluding carboxylic acids is 1. The largest absolute Gasteiger partial charge is 0.493 e. The number of methoxy groups -OCH3 is 2. The molecule has 1 atom stereocenters. The van der Waals surface area contributed by atoms with Crippen LogP contribution < -0.4 is 14.8 Å². The number of pyridine rings is 1. The van der Waals surface area contributed by atoms with Gasteiger partial charge in [-0.15, -0.1) is 0 Å². The normalized spacial score (nSPS) is 12.3. The molecule has 7 nitrogen and oxygen atoms in total. The molecule has 2 aromatic heterocycles.